The van der Waals surface area contributed by atoms with Gasteiger partial charge >= 0.3 is 0 Å². The fourth-order valence-corrected chi connectivity index (χ4v) is 3.26. The Bertz CT molecular complexity index is 708. The minimum absolute atomic E-state index is 0. The van der Waals surface area contributed by atoms with E-state index in [2.05, 4.69) is 20.3 Å². The van der Waals surface area contributed by atoms with Gasteiger partial charge in [0.25, 0.3) is 0 Å². The van der Waals surface area contributed by atoms with Crippen molar-refractivity contribution in [2.24, 2.45) is 4.99 Å². The summed E-state index contributed by atoms with van der Waals surface area (Å²) in [6.45, 7) is 6.35. The molecule has 0 saturated heterocycles. The zero-order valence-electron chi connectivity index (χ0n) is 16.0. The Morgan fingerprint density at radius 2 is 1.92 bits per heavy atom. The highest BCUT2D eigenvalue weighted by molar-refractivity contribution is 14.0. The number of benzene rings is 1. The topological polar surface area (TPSA) is 101 Å². The van der Waals surface area contributed by atoms with Crippen molar-refractivity contribution in [2.45, 2.75) is 26.3 Å². The summed E-state index contributed by atoms with van der Waals surface area (Å²) < 4.78 is 36.2. The Labute approximate surface area is 173 Å². The van der Waals surface area contributed by atoms with E-state index in [1.165, 1.54) is 0 Å². The molecular weight excluding hydrogens is 471 g/mol. The van der Waals surface area contributed by atoms with Crippen LogP contribution >= 0.6 is 24.0 Å². The molecule has 0 radical (unpaired) electrons. The molecule has 0 aliphatic heterocycles. The van der Waals surface area contributed by atoms with E-state index in [4.69, 9.17) is 9.47 Å². The molecule has 1 aromatic rings. The molecule has 1 aromatic carbocycles. The van der Waals surface area contributed by atoms with Crippen LogP contribution in [0.2, 0.25) is 0 Å². The van der Waals surface area contributed by atoms with E-state index in [9.17, 15) is 8.42 Å². The van der Waals surface area contributed by atoms with Gasteiger partial charge in [-0.1, -0.05) is 0 Å². The van der Waals surface area contributed by atoms with Crippen LogP contribution in [-0.2, 0) is 10.0 Å². The fourth-order valence-electron chi connectivity index (χ4n) is 2.18. The van der Waals surface area contributed by atoms with Crippen LogP contribution in [-0.4, -0.2) is 53.5 Å². The molecule has 10 heteroatoms. The van der Waals surface area contributed by atoms with Gasteiger partial charge in [-0.3, -0.25) is 4.99 Å². The van der Waals surface area contributed by atoms with Gasteiger partial charge in [0.05, 0.1) is 20.0 Å². The van der Waals surface area contributed by atoms with Crippen molar-refractivity contribution in [3.63, 3.8) is 0 Å². The van der Waals surface area contributed by atoms with Gasteiger partial charge in [-0.2, -0.15) is 0 Å². The number of hydrogen-bond acceptors (Lipinski definition) is 5. The van der Waals surface area contributed by atoms with E-state index in [0.717, 1.165) is 11.9 Å². The average Bonchev–Trinajstić information content (AvgIpc) is 2.49. The van der Waals surface area contributed by atoms with Crippen molar-refractivity contribution >= 4 is 45.6 Å². The summed E-state index contributed by atoms with van der Waals surface area (Å²) in [5.74, 6) is 1.79. The van der Waals surface area contributed by atoms with Gasteiger partial charge in [-0.25, -0.2) is 13.1 Å². The van der Waals surface area contributed by atoms with E-state index in [-0.39, 0.29) is 24.0 Å². The number of rotatable bonds is 8. The molecule has 26 heavy (non-hydrogen) atoms. The molecule has 0 aliphatic rings. The normalized spacial score (nSPS) is 12.2. The summed E-state index contributed by atoms with van der Waals surface area (Å²) in [4.78, 5) is 4.15. The summed E-state index contributed by atoms with van der Waals surface area (Å²) in [7, 11) is -0.0718. The molecule has 0 heterocycles. The predicted molar refractivity (Wildman–Crippen MR) is 117 cm³/mol. The standard InChI is InChI=1S/C16H28N4O4S.HI/c1-7-24-14-10-12(8-9-13(14)23-5)19-15(17-4)18-11-16(2,3)20-25(6,21)22;/h8-10,20H,7,11H2,1-6H3,(H2,17,18,19);1H. The number of halogens is 1. The highest BCUT2D eigenvalue weighted by atomic mass is 127. The molecule has 0 amide bonds. The van der Waals surface area contributed by atoms with Gasteiger partial charge < -0.3 is 20.1 Å². The van der Waals surface area contributed by atoms with Crippen LogP contribution in [0.3, 0.4) is 0 Å². The number of aliphatic imine (C=N–C) groups is 1. The van der Waals surface area contributed by atoms with Crippen molar-refractivity contribution in [3.05, 3.63) is 18.2 Å². The lowest BCUT2D eigenvalue weighted by molar-refractivity contribution is 0.311. The first-order valence-corrected chi connectivity index (χ1v) is 9.77. The largest absolute Gasteiger partial charge is 0.493 e. The maximum atomic E-state index is 11.4. The number of guanidine groups is 1. The number of nitrogens with zero attached hydrogens (tertiary/aromatic N) is 1. The minimum Gasteiger partial charge on any atom is -0.493 e. The van der Waals surface area contributed by atoms with Crippen molar-refractivity contribution in [3.8, 4) is 11.5 Å². The number of hydrogen-bond donors (Lipinski definition) is 3. The second kappa shape index (κ2) is 10.8. The molecule has 0 saturated carbocycles. The number of sulfonamides is 1. The Morgan fingerprint density at radius 1 is 1.27 bits per heavy atom. The number of methoxy groups -OCH3 is 1. The Hall–Kier alpha value is -1.27. The van der Waals surface area contributed by atoms with Crippen LogP contribution in [0.4, 0.5) is 5.69 Å². The molecule has 0 bridgehead atoms. The Morgan fingerprint density at radius 3 is 2.42 bits per heavy atom. The smallest absolute Gasteiger partial charge is 0.209 e. The number of nitrogens with one attached hydrogen (secondary N) is 3. The van der Waals surface area contributed by atoms with Crippen molar-refractivity contribution in [1.29, 1.82) is 0 Å². The second-order valence-electron chi connectivity index (χ2n) is 6.11. The number of ether oxygens (including phenoxy) is 2. The lowest BCUT2D eigenvalue weighted by Crippen LogP contribution is -2.51. The first-order chi connectivity index (χ1) is 11.6. The van der Waals surface area contributed by atoms with E-state index < -0.39 is 15.6 Å². The van der Waals surface area contributed by atoms with Crippen LogP contribution in [0, 0.1) is 0 Å². The minimum atomic E-state index is -3.30. The van der Waals surface area contributed by atoms with Crippen molar-refractivity contribution < 1.29 is 17.9 Å². The van der Waals surface area contributed by atoms with E-state index in [0.29, 0.717) is 30.6 Å². The summed E-state index contributed by atoms with van der Waals surface area (Å²) in [5, 5.41) is 6.24. The molecule has 150 valence electrons. The third-order valence-electron chi connectivity index (χ3n) is 3.11. The van der Waals surface area contributed by atoms with Crippen molar-refractivity contribution in [1.82, 2.24) is 10.0 Å². The summed E-state index contributed by atoms with van der Waals surface area (Å²) >= 11 is 0. The summed E-state index contributed by atoms with van der Waals surface area (Å²) in [6, 6.07) is 5.46. The maximum absolute atomic E-state index is 11.4. The van der Waals surface area contributed by atoms with Crippen LogP contribution in [0.1, 0.15) is 20.8 Å². The highest BCUT2D eigenvalue weighted by Gasteiger charge is 2.22. The van der Waals surface area contributed by atoms with E-state index in [1.807, 2.05) is 19.1 Å². The summed E-state index contributed by atoms with van der Waals surface area (Å²) in [6.07, 6.45) is 1.13. The maximum Gasteiger partial charge on any atom is 0.209 e. The van der Waals surface area contributed by atoms with E-state index >= 15 is 0 Å². The zero-order valence-corrected chi connectivity index (χ0v) is 19.2. The molecular formula is C16H29IN4O4S. The summed E-state index contributed by atoms with van der Waals surface area (Å²) in [5.41, 5.74) is 0.105. The quantitative estimate of drug-likeness (QED) is 0.287. The van der Waals surface area contributed by atoms with Crippen molar-refractivity contribution in [2.75, 3.05) is 38.9 Å². The molecule has 0 unspecified atom stereocenters. The van der Waals surface area contributed by atoms with Crippen LogP contribution < -0.4 is 24.8 Å². The predicted octanol–water partition coefficient (Wildman–Crippen LogP) is 2.03. The Balaban J connectivity index is 0.00000625. The monoisotopic (exact) mass is 500 g/mol. The van der Waals surface area contributed by atoms with Crippen LogP contribution in [0.25, 0.3) is 0 Å². The third-order valence-corrected chi connectivity index (χ3v) is 4.03. The average molecular weight is 500 g/mol. The molecule has 0 fully saturated rings. The van der Waals surface area contributed by atoms with Gasteiger partial charge in [0.15, 0.2) is 17.5 Å². The van der Waals surface area contributed by atoms with Gasteiger partial charge in [0, 0.05) is 30.9 Å². The molecule has 8 nitrogen and oxygen atoms in total. The van der Waals surface area contributed by atoms with Gasteiger partial charge in [0.1, 0.15) is 0 Å². The van der Waals surface area contributed by atoms with Gasteiger partial charge in [-0.05, 0) is 32.9 Å². The molecule has 3 N–H and O–H groups in total. The lowest BCUT2D eigenvalue weighted by Gasteiger charge is -2.26. The highest BCUT2D eigenvalue weighted by Crippen LogP contribution is 2.30. The van der Waals surface area contributed by atoms with Gasteiger partial charge in [-0.15, -0.1) is 24.0 Å². The molecule has 0 aliphatic carbocycles. The Kier molecular flexibility index (Phi) is 10.2. The molecule has 1 rings (SSSR count). The molecule has 0 atom stereocenters. The SMILES string of the molecule is CCOc1cc(NC(=NC)NCC(C)(C)NS(C)(=O)=O)ccc1OC.I. The van der Waals surface area contributed by atoms with Crippen LogP contribution in [0.5, 0.6) is 11.5 Å². The zero-order chi connectivity index (χ0) is 19.1. The lowest BCUT2D eigenvalue weighted by atomic mass is 10.1. The number of anilines is 1. The first-order valence-electron chi connectivity index (χ1n) is 7.87. The second-order valence-corrected chi connectivity index (χ2v) is 7.86. The van der Waals surface area contributed by atoms with E-state index in [1.54, 1.807) is 34.1 Å². The van der Waals surface area contributed by atoms with Gasteiger partial charge in [0.2, 0.25) is 10.0 Å². The molecule has 0 aromatic heterocycles. The fraction of sp³-hybridized carbons (Fsp3) is 0.562. The first kappa shape index (κ1) is 24.7. The third kappa shape index (κ3) is 8.90. The van der Waals surface area contributed by atoms with Crippen LogP contribution in [0.15, 0.2) is 23.2 Å². The molecule has 0 spiro atoms.